The molecule has 2 rings (SSSR count). The summed E-state index contributed by atoms with van der Waals surface area (Å²) in [5.41, 5.74) is 2.46. The third-order valence-electron chi connectivity index (χ3n) is 1.93. The van der Waals surface area contributed by atoms with Crippen LogP contribution in [0.2, 0.25) is 0 Å². The van der Waals surface area contributed by atoms with E-state index in [4.69, 9.17) is 0 Å². The number of nitrogens with zero attached hydrogens (tertiary/aromatic N) is 1. The van der Waals surface area contributed by atoms with Gasteiger partial charge in [-0.15, -0.1) is 0 Å². The molecular formula is C9H7BrN2O. The second-order valence-corrected chi connectivity index (χ2v) is 3.67. The molecule has 1 N–H and O–H groups in total. The molecule has 0 radical (unpaired) electrons. The number of H-pyrrole nitrogens is 1. The Balaban J connectivity index is 2.95. The summed E-state index contributed by atoms with van der Waals surface area (Å²) in [6.45, 7) is 1.96. The van der Waals surface area contributed by atoms with Gasteiger partial charge in [0.15, 0.2) is 0 Å². The highest BCUT2D eigenvalue weighted by molar-refractivity contribution is 9.10. The Bertz CT molecular complexity index is 518. The molecule has 1 aromatic carbocycles. The molecule has 13 heavy (non-hydrogen) atoms. The lowest BCUT2D eigenvalue weighted by Gasteiger charge is -2.01. The van der Waals surface area contributed by atoms with E-state index in [0.29, 0.717) is 0 Å². The second-order valence-electron chi connectivity index (χ2n) is 2.82. The van der Waals surface area contributed by atoms with Crippen molar-refractivity contribution in [1.29, 1.82) is 0 Å². The van der Waals surface area contributed by atoms with Gasteiger partial charge in [0, 0.05) is 4.47 Å². The standard InChI is InChI=1S/C9H7BrN2O/c1-5-6(10)2-3-7-9(5)11-4-8(13)12-7/h2-4H,1H3,(H,12,13). The van der Waals surface area contributed by atoms with Crippen LogP contribution in [-0.4, -0.2) is 9.97 Å². The van der Waals surface area contributed by atoms with Crippen LogP contribution in [0.5, 0.6) is 0 Å². The van der Waals surface area contributed by atoms with Crippen molar-refractivity contribution in [2.75, 3.05) is 0 Å². The van der Waals surface area contributed by atoms with Crippen LogP contribution >= 0.6 is 15.9 Å². The van der Waals surface area contributed by atoms with Gasteiger partial charge in [-0.1, -0.05) is 15.9 Å². The number of aromatic amines is 1. The van der Waals surface area contributed by atoms with Crippen LogP contribution in [0.1, 0.15) is 5.56 Å². The zero-order chi connectivity index (χ0) is 9.42. The molecule has 0 unspecified atom stereocenters. The Labute approximate surface area is 82.9 Å². The van der Waals surface area contributed by atoms with Gasteiger partial charge < -0.3 is 4.98 Å². The Kier molecular flexibility index (Phi) is 1.92. The first-order chi connectivity index (χ1) is 6.18. The molecule has 0 aliphatic rings. The number of benzene rings is 1. The van der Waals surface area contributed by atoms with Gasteiger partial charge in [-0.05, 0) is 24.6 Å². The third kappa shape index (κ3) is 1.37. The zero-order valence-corrected chi connectivity index (χ0v) is 8.55. The Morgan fingerprint density at radius 1 is 1.46 bits per heavy atom. The molecule has 0 amide bonds. The predicted molar refractivity (Wildman–Crippen MR) is 54.8 cm³/mol. The topological polar surface area (TPSA) is 45.8 Å². The van der Waals surface area contributed by atoms with Crippen molar-refractivity contribution in [2.24, 2.45) is 0 Å². The van der Waals surface area contributed by atoms with E-state index in [2.05, 4.69) is 25.9 Å². The van der Waals surface area contributed by atoms with Gasteiger partial charge in [0.2, 0.25) is 0 Å². The third-order valence-corrected chi connectivity index (χ3v) is 2.79. The Hall–Kier alpha value is -1.16. The number of fused-ring (bicyclic) bond motifs is 1. The minimum absolute atomic E-state index is 0.172. The van der Waals surface area contributed by atoms with Crippen LogP contribution < -0.4 is 5.56 Å². The van der Waals surface area contributed by atoms with E-state index in [0.717, 1.165) is 21.1 Å². The van der Waals surface area contributed by atoms with E-state index in [-0.39, 0.29) is 5.56 Å². The van der Waals surface area contributed by atoms with E-state index in [9.17, 15) is 4.79 Å². The van der Waals surface area contributed by atoms with Crippen molar-refractivity contribution < 1.29 is 0 Å². The van der Waals surface area contributed by atoms with E-state index in [1.807, 2.05) is 19.1 Å². The van der Waals surface area contributed by atoms with Crippen molar-refractivity contribution in [3.8, 4) is 0 Å². The number of aryl methyl sites for hydroxylation is 1. The number of nitrogens with one attached hydrogen (secondary N) is 1. The summed E-state index contributed by atoms with van der Waals surface area (Å²) in [7, 11) is 0. The van der Waals surface area contributed by atoms with Crippen LogP contribution in [0.25, 0.3) is 11.0 Å². The van der Waals surface area contributed by atoms with E-state index >= 15 is 0 Å². The summed E-state index contributed by atoms with van der Waals surface area (Å²) < 4.78 is 1.000. The van der Waals surface area contributed by atoms with Crippen molar-refractivity contribution in [1.82, 2.24) is 9.97 Å². The number of halogens is 1. The van der Waals surface area contributed by atoms with E-state index in [1.54, 1.807) is 0 Å². The maximum atomic E-state index is 10.9. The first kappa shape index (κ1) is 8.44. The molecule has 0 spiro atoms. The molecule has 0 bridgehead atoms. The van der Waals surface area contributed by atoms with Crippen molar-refractivity contribution in [3.05, 3.63) is 38.7 Å². The molecule has 66 valence electrons. The van der Waals surface area contributed by atoms with Gasteiger partial charge >= 0.3 is 0 Å². The second kappa shape index (κ2) is 2.96. The highest BCUT2D eigenvalue weighted by atomic mass is 79.9. The molecule has 0 fully saturated rings. The summed E-state index contributed by atoms with van der Waals surface area (Å²) >= 11 is 3.40. The first-order valence-corrected chi connectivity index (χ1v) is 4.62. The van der Waals surface area contributed by atoms with Gasteiger partial charge in [0.1, 0.15) is 0 Å². The highest BCUT2D eigenvalue weighted by Gasteiger charge is 2.02. The van der Waals surface area contributed by atoms with Gasteiger partial charge in [-0.25, -0.2) is 4.98 Å². The molecule has 0 saturated carbocycles. The largest absolute Gasteiger partial charge is 0.319 e. The Morgan fingerprint density at radius 3 is 3.00 bits per heavy atom. The molecule has 3 nitrogen and oxygen atoms in total. The van der Waals surface area contributed by atoms with Gasteiger partial charge in [-0.3, -0.25) is 4.79 Å². The summed E-state index contributed by atoms with van der Waals surface area (Å²) in [4.78, 5) is 17.7. The molecule has 1 aromatic heterocycles. The Morgan fingerprint density at radius 2 is 2.23 bits per heavy atom. The SMILES string of the molecule is Cc1c(Br)ccc2[nH]c(=O)cnc12. The summed E-state index contributed by atoms with van der Waals surface area (Å²) in [5.74, 6) is 0. The summed E-state index contributed by atoms with van der Waals surface area (Å²) in [5, 5.41) is 0. The summed E-state index contributed by atoms with van der Waals surface area (Å²) in [6.07, 6.45) is 1.29. The minimum Gasteiger partial charge on any atom is -0.319 e. The van der Waals surface area contributed by atoms with Crippen molar-refractivity contribution in [3.63, 3.8) is 0 Å². The van der Waals surface area contributed by atoms with E-state index in [1.165, 1.54) is 6.20 Å². The molecule has 0 aliphatic carbocycles. The quantitative estimate of drug-likeness (QED) is 0.764. The molecule has 0 atom stereocenters. The lowest BCUT2D eigenvalue weighted by molar-refractivity contribution is 1.20. The smallest absolute Gasteiger partial charge is 0.266 e. The zero-order valence-electron chi connectivity index (χ0n) is 6.97. The highest BCUT2D eigenvalue weighted by Crippen LogP contribution is 2.21. The number of hydrogen-bond donors (Lipinski definition) is 1. The molecule has 4 heteroatoms. The molecule has 0 saturated heterocycles. The van der Waals surface area contributed by atoms with E-state index < -0.39 is 0 Å². The van der Waals surface area contributed by atoms with Crippen LogP contribution in [0, 0.1) is 6.92 Å². The maximum absolute atomic E-state index is 10.9. The van der Waals surface area contributed by atoms with Crippen molar-refractivity contribution in [2.45, 2.75) is 6.92 Å². The average Bonchev–Trinajstić information content (AvgIpc) is 2.12. The molecule has 0 aliphatic heterocycles. The van der Waals surface area contributed by atoms with Gasteiger partial charge in [-0.2, -0.15) is 0 Å². The lowest BCUT2D eigenvalue weighted by atomic mass is 10.2. The fraction of sp³-hybridized carbons (Fsp3) is 0.111. The van der Waals surface area contributed by atoms with Gasteiger partial charge in [0.05, 0.1) is 17.2 Å². The van der Waals surface area contributed by atoms with Gasteiger partial charge in [0.25, 0.3) is 5.56 Å². The monoisotopic (exact) mass is 238 g/mol. The molecular weight excluding hydrogens is 232 g/mol. The maximum Gasteiger partial charge on any atom is 0.266 e. The minimum atomic E-state index is -0.172. The fourth-order valence-electron chi connectivity index (χ4n) is 1.23. The van der Waals surface area contributed by atoms with Crippen LogP contribution in [0.15, 0.2) is 27.6 Å². The average molecular weight is 239 g/mol. The fourth-order valence-corrected chi connectivity index (χ4v) is 1.55. The molecule has 2 aromatic rings. The molecule has 1 heterocycles. The van der Waals surface area contributed by atoms with Crippen LogP contribution in [0.3, 0.4) is 0 Å². The number of aromatic nitrogens is 2. The first-order valence-electron chi connectivity index (χ1n) is 3.82. The summed E-state index contributed by atoms with van der Waals surface area (Å²) in [6, 6.07) is 3.73. The number of rotatable bonds is 0. The normalized spacial score (nSPS) is 10.6. The van der Waals surface area contributed by atoms with Crippen LogP contribution in [-0.2, 0) is 0 Å². The predicted octanol–water partition coefficient (Wildman–Crippen LogP) is 1.99. The van der Waals surface area contributed by atoms with Crippen LogP contribution in [0.4, 0.5) is 0 Å². The van der Waals surface area contributed by atoms with Crippen molar-refractivity contribution >= 4 is 27.0 Å². The number of hydrogen-bond acceptors (Lipinski definition) is 2. The lowest BCUT2D eigenvalue weighted by Crippen LogP contribution is -2.05.